The molecule has 80 valence electrons. The van der Waals surface area contributed by atoms with E-state index in [1.165, 1.54) is 14.2 Å². The molecule has 15 heavy (non-hydrogen) atoms. The van der Waals surface area contributed by atoms with Crippen LogP contribution in [-0.2, 0) is 26.5 Å². The number of fused-ring (bicyclic) bond motifs is 1. The molecule has 2 rings (SSSR count). The number of rotatable bonds is 2. The van der Waals surface area contributed by atoms with Gasteiger partial charge in [-0.3, -0.25) is 4.79 Å². The highest BCUT2D eigenvalue weighted by atomic mass is 16.7. The lowest BCUT2D eigenvalue weighted by molar-refractivity contribution is -0.215. The van der Waals surface area contributed by atoms with Crippen molar-refractivity contribution in [2.75, 3.05) is 14.2 Å². The Morgan fingerprint density at radius 1 is 1.13 bits per heavy atom. The molecule has 0 amide bonds. The van der Waals surface area contributed by atoms with Crippen molar-refractivity contribution >= 4 is 5.78 Å². The van der Waals surface area contributed by atoms with Crippen molar-refractivity contribution in [1.29, 1.82) is 0 Å². The molecule has 0 radical (unpaired) electrons. The van der Waals surface area contributed by atoms with Crippen LogP contribution in [0.5, 0.6) is 0 Å². The predicted molar refractivity (Wildman–Crippen MR) is 55.5 cm³/mol. The predicted octanol–water partition coefficient (Wildman–Crippen LogP) is 1.65. The van der Waals surface area contributed by atoms with Gasteiger partial charge in [-0.2, -0.15) is 0 Å². The number of methoxy groups -OCH3 is 2. The molecule has 0 heterocycles. The Hall–Kier alpha value is -1.19. The highest BCUT2D eigenvalue weighted by Crippen LogP contribution is 2.35. The maximum Gasteiger partial charge on any atom is 0.256 e. The fraction of sp³-hybridized carbons (Fsp3) is 0.417. The summed E-state index contributed by atoms with van der Waals surface area (Å²) in [5.41, 5.74) is 1.96. The van der Waals surface area contributed by atoms with Crippen LogP contribution >= 0.6 is 0 Å². The molecule has 0 N–H and O–H groups in total. The summed E-state index contributed by atoms with van der Waals surface area (Å²) in [6.07, 6.45) is 1.24. The summed E-state index contributed by atoms with van der Waals surface area (Å²) < 4.78 is 10.6. The van der Waals surface area contributed by atoms with Gasteiger partial charge in [-0.05, 0) is 12.0 Å². The fourth-order valence-electron chi connectivity index (χ4n) is 2.15. The highest BCUT2D eigenvalue weighted by Gasteiger charge is 2.44. The van der Waals surface area contributed by atoms with Gasteiger partial charge in [-0.15, -0.1) is 0 Å². The van der Waals surface area contributed by atoms with Crippen molar-refractivity contribution in [3.63, 3.8) is 0 Å². The van der Waals surface area contributed by atoms with Gasteiger partial charge in [0, 0.05) is 26.2 Å². The Morgan fingerprint density at radius 3 is 2.47 bits per heavy atom. The second-order valence-electron chi connectivity index (χ2n) is 3.61. The average molecular weight is 206 g/mol. The van der Waals surface area contributed by atoms with Gasteiger partial charge >= 0.3 is 0 Å². The average Bonchev–Trinajstić information content (AvgIpc) is 2.30. The standard InChI is InChI=1S/C12H14O3/c1-14-12(15-2)10-6-4-3-5-9(10)7-8-11(12)13/h3-6H,7-8H2,1-2H3. The Labute approximate surface area is 89.0 Å². The summed E-state index contributed by atoms with van der Waals surface area (Å²) >= 11 is 0. The highest BCUT2D eigenvalue weighted by molar-refractivity contribution is 5.89. The summed E-state index contributed by atoms with van der Waals surface area (Å²) in [7, 11) is 3.01. The quantitative estimate of drug-likeness (QED) is 0.690. The lowest BCUT2D eigenvalue weighted by Crippen LogP contribution is -2.43. The molecule has 3 heteroatoms. The zero-order valence-electron chi connectivity index (χ0n) is 8.95. The summed E-state index contributed by atoms with van der Waals surface area (Å²) in [5, 5.41) is 0. The number of hydrogen-bond donors (Lipinski definition) is 0. The molecule has 1 aliphatic rings. The zero-order valence-corrected chi connectivity index (χ0v) is 8.95. The molecule has 0 aliphatic heterocycles. The SMILES string of the molecule is COC1(OC)C(=O)CCc2ccccc21. The fourth-order valence-corrected chi connectivity index (χ4v) is 2.15. The molecule has 0 saturated heterocycles. The Morgan fingerprint density at radius 2 is 1.80 bits per heavy atom. The van der Waals surface area contributed by atoms with Crippen molar-refractivity contribution in [3.05, 3.63) is 35.4 Å². The van der Waals surface area contributed by atoms with Crippen molar-refractivity contribution in [3.8, 4) is 0 Å². The number of Topliss-reactive ketones (excluding diaryl/α,β-unsaturated/α-hetero) is 1. The van der Waals surface area contributed by atoms with Crippen LogP contribution in [0.1, 0.15) is 17.5 Å². The number of hydrogen-bond acceptors (Lipinski definition) is 3. The second kappa shape index (κ2) is 3.76. The van der Waals surface area contributed by atoms with Crippen molar-refractivity contribution in [1.82, 2.24) is 0 Å². The largest absolute Gasteiger partial charge is 0.343 e. The van der Waals surface area contributed by atoms with Gasteiger partial charge in [0.05, 0.1) is 0 Å². The van der Waals surface area contributed by atoms with Gasteiger partial charge in [0.1, 0.15) is 0 Å². The summed E-state index contributed by atoms with van der Waals surface area (Å²) in [5.74, 6) is -1.19. The first kappa shape index (κ1) is 10.3. The number of ketones is 1. The maximum absolute atomic E-state index is 11.9. The van der Waals surface area contributed by atoms with Crippen molar-refractivity contribution < 1.29 is 14.3 Å². The maximum atomic E-state index is 11.9. The van der Waals surface area contributed by atoms with E-state index in [2.05, 4.69) is 0 Å². The number of carbonyl (C=O) groups is 1. The van der Waals surface area contributed by atoms with E-state index in [1.807, 2.05) is 24.3 Å². The van der Waals surface area contributed by atoms with Crippen molar-refractivity contribution in [2.24, 2.45) is 0 Å². The molecular weight excluding hydrogens is 192 g/mol. The molecule has 0 bridgehead atoms. The number of carbonyl (C=O) groups excluding carboxylic acids is 1. The minimum atomic E-state index is -1.19. The van der Waals surface area contributed by atoms with E-state index in [4.69, 9.17) is 9.47 Å². The second-order valence-corrected chi connectivity index (χ2v) is 3.61. The Bertz CT molecular complexity index is 380. The first-order valence-corrected chi connectivity index (χ1v) is 4.96. The Kier molecular flexibility index (Phi) is 2.59. The van der Waals surface area contributed by atoms with Crippen LogP contribution in [0.15, 0.2) is 24.3 Å². The first-order valence-electron chi connectivity index (χ1n) is 4.96. The third-order valence-corrected chi connectivity index (χ3v) is 2.94. The van der Waals surface area contributed by atoms with Crippen LogP contribution in [0.3, 0.4) is 0 Å². The monoisotopic (exact) mass is 206 g/mol. The molecule has 0 fully saturated rings. The van der Waals surface area contributed by atoms with Crippen LogP contribution in [-0.4, -0.2) is 20.0 Å². The van der Waals surface area contributed by atoms with Gasteiger partial charge in [0.15, 0.2) is 5.78 Å². The van der Waals surface area contributed by atoms with E-state index in [0.717, 1.165) is 17.5 Å². The van der Waals surface area contributed by atoms with Gasteiger partial charge < -0.3 is 9.47 Å². The zero-order chi connectivity index (χ0) is 10.9. The van der Waals surface area contributed by atoms with E-state index in [-0.39, 0.29) is 5.78 Å². The van der Waals surface area contributed by atoms with Gasteiger partial charge in [0.25, 0.3) is 5.79 Å². The summed E-state index contributed by atoms with van der Waals surface area (Å²) in [6.45, 7) is 0. The number of aryl methyl sites for hydroxylation is 1. The van der Waals surface area contributed by atoms with Gasteiger partial charge in [-0.25, -0.2) is 0 Å². The molecule has 1 aliphatic carbocycles. The van der Waals surface area contributed by atoms with E-state index in [9.17, 15) is 4.79 Å². The number of ether oxygens (including phenoxy) is 2. The van der Waals surface area contributed by atoms with Crippen LogP contribution in [0, 0.1) is 0 Å². The Balaban J connectivity index is 2.59. The summed E-state index contributed by atoms with van der Waals surface area (Å²) in [6, 6.07) is 7.75. The van der Waals surface area contributed by atoms with Gasteiger partial charge in [-0.1, -0.05) is 24.3 Å². The molecular formula is C12H14O3. The topological polar surface area (TPSA) is 35.5 Å². The summed E-state index contributed by atoms with van der Waals surface area (Å²) in [4.78, 5) is 11.9. The third kappa shape index (κ3) is 1.39. The molecule has 0 saturated carbocycles. The molecule has 0 unspecified atom stereocenters. The molecule has 1 aromatic carbocycles. The molecule has 0 atom stereocenters. The van der Waals surface area contributed by atoms with E-state index in [1.54, 1.807) is 0 Å². The molecule has 1 aromatic rings. The minimum Gasteiger partial charge on any atom is -0.343 e. The third-order valence-electron chi connectivity index (χ3n) is 2.94. The lowest BCUT2D eigenvalue weighted by Gasteiger charge is -2.34. The van der Waals surface area contributed by atoms with Crippen molar-refractivity contribution in [2.45, 2.75) is 18.6 Å². The van der Waals surface area contributed by atoms with E-state index >= 15 is 0 Å². The van der Waals surface area contributed by atoms with Crippen LogP contribution < -0.4 is 0 Å². The van der Waals surface area contributed by atoms with Crippen LogP contribution in [0.25, 0.3) is 0 Å². The lowest BCUT2D eigenvalue weighted by atomic mass is 9.85. The van der Waals surface area contributed by atoms with Crippen LogP contribution in [0.4, 0.5) is 0 Å². The molecule has 0 spiro atoms. The molecule has 0 aromatic heterocycles. The van der Waals surface area contributed by atoms with E-state index in [0.29, 0.717) is 6.42 Å². The molecule has 3 nitrogen and oxygen atoms in total. The minimum absolute atomic E-state index is 0.00815. The first-order chi connectivity index (χ1) is 7.24. The number of benzene rings is 1. The normalized spacial score (nSPS) is 18.7. The smallest absolute Gasteiger partial charge is 0.256 e. The van der Waals surface area contributed by atoms with E-state index < -0.39 is 5.79 Å². The van der Waals surface area contributed by atoms with Gasteiger partial charge in [0.2, 0.25) is 0 Å². The van der Waals surface area contributed by atoms with Crippen LogP contribution in [0.2, 0.25) is 0 Å².